The van der Waals surface area contributed by atoms with E-state index >= 15 is 0 Å². The van der Waals surface area contributed by atoms with Gasteiger partial charge in [-0.1, -0.05) is 30.3 Å². The lowest BCUT2D eigenvalue weighted by Gasteiger charge is -2.11. The van der Waals surface area contributed by atoms with Gasteiger partial charge in [0, 0.05) is 25.1 Å². The van der Waals surface area contributed by atoms with Crippen LogP contribution in [-0.2, 0) is 16.0 Å². The predicted octanol–water partition coefficient (Wildman–Crippen LogP) is 4.41. The molecule has 31 heavy (non-hydrogen) atoms. The Balaban J connectivity index is 0.00000272. The number of halogens is 1. The molecule has 1 aliphatic rings. The Morgan fingerprint density at radius 3 is 2.71 bits per heavy atom. The van der Waals surface area contributed by atoms with Crippen molar-refractivity contribution >= 4 is 30.1 Å². The van der Waals surface area contributed by atoms with Gasteiger partial charge in [-0.15, -0.1) is 12.4 Å². The molecule has 8 heteroatoms. The van der Waals surface area contributed by atoms with Crippen molar-refractivity contribution in [2.45, 2.75) is 25.7 Å². The summed E-state index contributed by atoms with van der Waals surface area (Å²) < 4.78 is 12.8. The number of benzene rings is 1. The number of fused-ring (bicyclic) bond motifs is 1. The third-order valence-corrected chi connectivity index (χ3v) is 4.90. The van der Waals surface area contributed by atoms with Gasteiger partial charge >= 0.3 is 6.09 Å². The Hall–Kier alpha value is -3.32. The van der Waals surface area contributed by atoms with Crippen molar-refractivity contribution in [3.8, 4) is 5.75 Å². The van der Waals surface area contributed by atoms with Crippen molar-refractivity contribution in [3.05, 3.63) is 78.5 Å². The number of aryl methyl sites for hydroxylation is 1. The molecule has 7 nitrogen and oxygen atoms in total. The highest BCUT2D eigenvalue weighted by Gasteiger charge is 2.35. The molecule has 4 rings (SSSR count). The van der Waals surface area contributed by atoms with Crippen molar-refractivity contribution < 1.29 is 19.1 Å². The van der Waals surface area contributed by atoms with Crippen LogP contribution in [-0.4, -0.2) is 39.4 Å². The Kier molecular flexibility index (Phi) is 7.67. The number of nitrogens with zero attached hydrogens (tertiary/aromatic N) is 3. The normalized spacial score (nSPS) is 14.7. The lowest BCUT2D eigenvalue weighted by molar-refractivity contribution is -0.123. The van der Waals surface area contributed by atoms with Crippen LogP contribution >= 0.6 is 12.4 Å². The number of ether oxygens (including phenoxy) is 2. The van der Waals surface area contributed by atoms with Crippen molar-refractivity contribution in [1.82, 2.24) is 14.3 Å². The molecule has 1 fully saturated rings. The van der Waals surface area contributed by atoms with Gasteiger partial charge in [0.15, 0.2) is 17.2 Å². The molecule has 0 atom stereocenters. The summed E-state index contributed by atoms with van der Waals surface area (Å²) in [6.07, 6.45) is 9.34. The largest absolute Gasteiger partial charge is 0.490 e. The molecule has 1 aromatic carbocycles. The Morgan fingerprint density at radius 1 is 1.03 bits per heavy atom. The van der Waals surface area contributed by atoms with Crippen LogP contribution in [0, 0.1) is 0 Å². The van der Waals surface area contributed by atoms with E-state index in [1.54, 1.807) is 12.3 Å². The molecule has 0 radical (unpaired) electrons. The number of carbonyl (C=O) groups is 2. The van der Waals surface area contributed by atoms with E-state index in [9.17, 15) is 9.59 Å². The molecule has 3 heterocycles. The first-order chi connectivity index (χ1) is 14.7. The number of imide groups is 1. The summed E-state index contributed by atoms with van der Waals surface area (Å²) in [6.45, 7) is 0.786. The Morgan fingerprint density at radius 2 is 1.87 bits per heavy atom. The van der Waals surface area contributed by atoms with E-state index in [1.165, 1.54) is 5.56 Å². The zero-order valence-corrected chi connectivity index (χ0v) is 17.8. The zero-order valence-electron chi connectivity index (χ0n) is 17.0. The standard InChI is InChI=1S/C23H23N3O4.ClH/c27-22-20(11-6-10-18-8-2-1-3-9-18)30-23(28)26(22)15-4-5-17-29-19-12-7-14-25-16-13-24-21(19)25;/h1-3,7-9,11-14,16H,4-6,10,15,17H2;1H. The smallest absolute Gasteiger partial charge is 0.422 e. The van der Waals surface area contributed by atoms with Crippen LogP contribution in [0.4, 0.5) is 4.79 Å². The number of allylic oxidation sites excluding steroid dienone is 1. The highest BCUT2D eigenvalue weighted by Crippen LogP contribution is 2.20. The van der Waals surface area contributed by atoms with E-state index in [0.717, 1.165) is 17.0 Å². The van der Waals surface area contributed by atoms with Crippen molar-refractivity contribution in [1.29, 1.82) is 0 Å². The van der Waals surface area contributed by atoms with Crippen LogP contribution in [0.3, 0.4) is 0 Å². The number of carbonyl (C=O) groups excluding carboxylic acids is 2. The van der Waals surface area contributed by atoms with Crippen LogP contribution in [0.1, 0.15) is 24.8 Å². The molecule has 0 unspecified atom stereocenters. The molecule has 1 saturated heterocycles. The maximum atomic E-state index is 12.4. The minimum absolute atomic E-state index is 0. The summed E-state index contributed by atoms with van der Waals surface area (Å²) in [5, 5.41) is 0. The summed E-state index contributed by atoms with van der Waals surface area (Å²) in [6, 6.07) is 13.7. The molecule has 162 valence electrons. The molecule has 2 amide bonds. The number of amides is 2. The predicted molar refractivity (Wildman–Crippen MR) is 118 cm³/mol. The zero-order chi connectivity index (χ0) is 20.8. The van der Waals surface area contributed by atoms with Gasteiger partial charge in [-0.05, 0) is 49.5 Å². The maximum absolute atomic E-state index is 12.4. The quantitative estimate of drug-likeness (QED) is 0.363. The minimum atomic E-state index is -0.603. The number of pyridine rings is 1. The molecule has 2 aromatic heterocycles. The fourth-order valence-corrected chi connectivity index (χ4v) is 3.33. The lowest BCUT2D eigenvalue weighted by Crippen LogP contribution is -2.30. The second kappa shape index (κ2) is 10.6. The third-order valence-electron chi connectivity index (χ3n) is 4.90. The summed E-state index contributed by atoms with van der Waals surface area (Å²) >= 11 is 0. The highest BCUT2D eigenvalue weighted by atomic mass is 35.5. The van der Waals surface area contributed by atoms with Crippen LogP contribution in [0.25, 0.3) is 5.65 Å². The van der Waals surface area contributed by atoms with Crippen molar-refractivity contribution in [3.63, 3.8) is 0 Å². The molecular formula is C23H24ClN3O4. The summed E-state index contributed by atoms with van der Waals surface area (Å²) in [5.74, 6) is 0.470. The van der Waals surface area contributed by atoms with Gasteiger partial charge in [-0.3, -0.25) is 4.79 Å². The lowest BCUT2D eigenvalue weighted by atomic mass is 10.1. The average molecular weight is 442 g/mol. The van der Waals surface area contributed by atoms with E-state index in [2.05, 4.69) is 4.98 Å². The summed E-state index contributed by atoms with van der Waals surface area (Å²) in [5.41, 5.74) is 1.94. The number of hydrogen-bond donors (Lipinski definition) is 0. The molecule has 0 spiro atoms. The Bertz CT molecular complexity index is 1060. The average Bonchev–Trinajstić information content (AvgIpc) is 3.34. The van der Waals surface area contributed by atoms with Gasteiger partial charge < -0.3 is 13.9 Å². The van der Waals surface area contributed by atoms with Gasteiger partial charge in [-0.25, -0.2) is 14.7 Å². The van der Waals surface area contributed by atoms with Gasteiger partial charge in [0.25, 0.3) is 5.91 Å². The van der Waals surface area contributed by atoms with Gasteiger partial charge in [0.1, 0.15) is 0 Å². The summed E-state index contributed by atoms with van der Waals surface area (Å²) in [7, 11) is 0. The van der Waals surface area contributed by atoms with Crippen LogP contribution in [0.15, 0.2) is 72.9 Å². The van der Waals surface area contributed by atoms with Gasteiger partial charge in [0.05, 0.1) is 6.61 Å². The van der Waals surface area contributed by atoms with Crippen LogP contribution < -0.4 is 4.74 Å². The minimum Gasteiger partial charge on any atom is -0.490 e. The van der Waals surface area contributed by atoms with E-state index in [4.69, 9.17) is 9.47 Å². The highest BCUT2D eigenvalue weighted by molar-refractivity contribution is 6.07. The van der Waals surface area contributed by atoms with Gasteiger partial charge in [0.2, 0.25) is 0 Å². The number of unbranched alkanes of at least 4 members (excludes halogenated alkanes) is 1. The number of hydrogen-bond acceptors (Lipinski definition) is 5. The molecule has 0 aliphatic carbocycles. The van der Waals surface area contributed by atoms with Crippen LogP contribution in [0.5, 0.6) is 5.75 Å². The second-order valence-electron chi connectivity index (χ2n) is 7.00. The number of aromatic nitrogens is 2. The van der Waals surface area contributed by atoms with E-state index in [1.807, 2.05) is 59.3 Å². The van der Waals surface area contributed by atoms with E-state index < -0.39 is 6.09 Å². The molecule has 0 bridgehead atoms. The number of cyclic esters (lactones) is 1. The first-order valence-corrected chi connectivity index (χ1v) is 10.0. The van der Waals surface area contributed by atoms with Crippen LogP contribution in [0.2, 0.25) is 0 Å². The Labute approximate surface area is 186 Å². The maximum Gasteiger partial charge on any atom is 0.422 e. The second-order valence-corrected chi connectivity index (χ2v) is 7.00. The summed E-state index contributed by atoms with van der Waals surface area (Å²) in [4.78, 5) is 29.9. The number of rotatable bonds is 9. The first-order valence-electron chi connectivity index (χ1n) is 10.0. The molecule has 1 aliphatic heterocycles. The number of imidazole rings is 1. The third kappa shape index (κ3) is 5.44. The topological polar surface area (TPSA) is 73.1 Å². The molecule has 0 saturated carbocycles. The monoisotopic (exact) mass is 441 g/mol. The SMILES string of the molecule is Cl.O=C1OC(=CCCc2ccccc2)C(=O)N1CCCCOc1cccn2ccnc12. The van der Waals surface area contributed by atoms with E-state index in [0.29, 0.717) is 38.2 Å². The molecule has 0 N–H and O–H groups in total. The fraction of sp³-hybridized carbons (Fsp3) is 0.261. The van der Waals surface area contributed by atoms with Crippen molar-refractivity contribution in [2.24, 2.45) is 0 Å². The molecular weight excluding hydrogens is 418 g/mol. The molecule has 3 aromatic rings. The first kappa shape index (κ1) is 22.4. The van der Waals surface area contributed by atoms with Gasteiger partial charge in [-0.2, -0.15) is 0 Å². The van der Waals surface area contributed by atoms with Crippen molar-refractivity contribution in [2.75, 3.05) is 13.2 Å². The van der Waals surface area contributed by atoms with E-state index in [-0.39, 0.29) is 24.1 Å². The fourth-order valence-electron chi connectivity index (χ4n) is 3.33.